The second-order valence-electron chi connectivity index (χ2n) is 6.63. The highest BCUT2D eigenvalue weighted by atomic mass is 16.2. The molecule has 4 nitrogen and oxygen atoms in total. The van der Waals surface area contributed by atoms with Crippen LogP contribution in [0.5, 0.6) is 0 Å². The highest BCUT2D eigenvalue weighted by Gasteiger charge is 2.48. The molecule has 2 saturated carbocycles. The van der Waals surface area contributed by atoms with Crippen LogP contribution in [0.15, 0.2) is 0 Å². The molecule has 24 heavy (non-hydrogen) atoms. The summed E-state index contributed by atoms with van der Waals surface area (Å²) in [6.07, 6.45) is 10.5. The molecular weight excluding hydrogens is 300 g/mol. The molecule has 0 radical (unpaired) electrons. The van der Waals surface area contributed by atoms with Crippen LogP contribution < -0.4 is 11.1 Å². The molecule has 0 bridgehead atoms. The van der Waals surface area contributed by atoms with Gasteiger partial charge in [-0.05, 0) is 25.2 Å². The predicted molar refractivity (Wildman–Crippen MR) is 102 cm³/mol. The minimum atomic E-state index is -0.596. The first-order chi connectivity index (χ1) is 11.6. The zero-order valence-corrected chi connectivity index (χ0v) is 16.6. The molecule has 2 aliphatic rings. The number of amides is 2. The summed E-state index contributed by atoms with van der Waals surface area (Å²) >= 11 is 0. The van der Waals surface area contributed by atoms with E-state index in [9.17, 15) is 9.59 Å². The Hall–Kier alpha value is -1.06. The van der Waals surface area contributed by atoms with E-state index in [1.165, 1.54) is 25.7 Å². The Bertz CT molecular complexity index is 357. The molecule has 0 unspecified atom stereocenters. The summed E-state index contributed by atoms with van der Waals surface area (Å²) in [7, 11) is 1.67. The van der Waals surface area contributed by atoms with Gasteiger partial charge in [0.1, 0.15) is 0 Å². The van der Waals surface area contributed by atoms with Crippen LogP contribution in [0.4, 0.5) is 0 Å². The van der Waals surface area contributed by atoms with Gasteiger partial charge in [-0.2, -0.15) is 0 Å². The maximum atomic E-state index is 12.4. The lowest BCUT2D eigenvalue weighted by molar-refractivity contribution is -0.143. The molecular formula is C20H40N2O2. The van der Waals surface area contributed by atoms with E-state index in [0.717, 1.165) is 38.5 Å². The number of carbonyl (C=O) groups excluding carboxylic acids is 2. The van der Waals surface area contributed by atoms with E-state index in [0.29, 0.717) is 5.92 Å². The third-order valence-electron chi connectivity index (χ3n) is 5.51. The topological polar surface area (TPSA) is 72.2 Å². The Labute approximate surface area is 149 Å². The van der Waals surface area contributed by atoms with Crippen molar-refractivity contribution in [1.29, 1.82) is 0 Å². The number of primary amides is 1. The summed E-state index contributed by atoms with van der Waals surface area (Å²) in [5.74, 6) is 0.116. The Balaban J connectivity index is 0.00000123. The number of hydrogen-bond acceptors (Lipinski definition) is 2. The maximum Gasteiger partial charge on any atom is 0.224 e. The zero-order valence-electron chi connectivity index (χ0n) is 16.6. The molecule has 0 saturated heterocycles. The third-order valence-corrected chi connectivity index (χ3v) is 5.51. The molecule has 2 rings (SSSR count). The van der Waals surface area contributed by atoms with Gasteiger partial charge in [0.15, 0.2) is 0 Å². The van der Waals surface area contributed by atoms with Gasteiger partial charge in [-0.3, -0.25) is 9.59 Å². The van der Waals surface area contributed by atoms with Crippen molar-refractivity contribution in [3.8, 4) is 0 Å². The molecule has 142 valence electrons. The van der Waals surface area contributed by atoms with Crippen molar-refractivity contribution >= 4 is 11.8 Å². The van der Waals surface area contributed by atoms with E-state index in [-0.39, 0.29) is 17.7 Å². The predicted octanol–water partition coefficient (Wildman–Crippen LogP) is 4.42. The minimum Gasteiger partial charge on any atom is -0.369 e. The number of carbonyl (C=O) groups is 2. The molecule has 0 spiro atoms. The van der Waals surface area contributed by atoms with Crippen molar-refractivity contribution in [2.75, 3.05) is 7.05 Å². The Morgan fingerprint density at radius 1 is 1.00 bits per heavy atom. The van der Waals surface area contributed by atoms with Gasteiger partial charge in [-0.1, -0.05) is 72.6 Å². The smallest absolute Gasteiger partial charge is 0.224 e. The number of rotatable bonds is 5. The molecule has 0 aromatic carbocycles. The Morgan fingerprint density at radius 2 is 1.50 bits per heavy atom. The molecule has 4 heteroatoms. The van der Waals surface area contributed by atoms with Crippen LogP contribution in [0.25, 0.3) is 0 Å². The van der Waals surface area contributed by atoms with Gasteiger partial charge in [0.25, 0.3) is 0 Å². The minimum absolute atomic E-state index is 0.0117. The van der Waals surface area contributed by atoms with E-state index in [1.54, 1.807) is 7.05 Å². The van der Waals surface area contributed by atoms with Crippen molar-refractivity contribution in [1.82, 2.24) is 5.32 Å². The lowest BCUT2D eigenvalue weighted by atomic mass is 9.62. The molecule has 2 fully saturated rings. The van der Waals surface area contributed by atoms with E-state index in [4.69, 9.17) is 5.73 Å². The molecule has 0 aliphatic heterocycles. The summed E-state index contributed by atoms with van der Waals surface area (Å²) in [5, 5.41) is 2.77. The van der Waals surface area contributed by atoms with Crippen LogP contribution in [-0.2, 0) is 9.59 Å². The summed E-state index contributed by atoms with van der Waals surface area (Å²) in [6, 6.07) is 0. The lowest BCUT2D eigenvalue weighted by Gasteiger charge is -2.41. The first-order valence-corrected chi connectivity index (χ1v) is 10.1. The first kappa shape index (κ1) is 22.9. The fourth-order valence-corrected chi connectivity index (χ4v) is 4.29. The summed E-state index contributed by atoms with van der Waals surface area (Å²) < 4.78 is 0. The second-order valence-corrected chi connectivity index (χ2v) is 6.63. The van der Waals surface area contributed by atoms with E-state index >= 15 is 0 Å². The van der Waals surface area contributed by atoms with Gasteiger partial charge < -0.3 is 11.1 Å². The highest BCUT2D eigenvalue weighted by molar-refractivity contribution is 5.89. The van der Waals surface area contributed by atoms with Gasteiger partial charge in [-0.25, -0.2) is 0 Å². The quantitative estimate of drug-likeness (QED) is 0.777. The van der Waals surface area contributed by atoms with Crippen LogP contribution in [0.1, 0.15) is 91.9 Å². The van der Waals surface area contributed by atoms with Crippen LogP contribution >= 0.6 is 0 Å². The van der Waals surface area contributed by atoms with Crippen molar-refractivity contribution < 1.29 is 9.59 Å². The molecule has 2 amide bonds. The van der Waals surface area contributed by atoms with Crippen molar-refractivity contribution in [3.63, 3.8) is 0 Å². The third kappa shape index (κ3) is 5.78. The van der Waals surface area contributed by atoms with Crippen molar-refractivity contribution in [2.45, 2.75) is 91.9 Å². The van der Waals surface area contributed by atoms with Crippen molar-refractivity contribution in [2.24, 2.45) is 23.0 Å². The van der Waals surface area contributed by atoms with Gasteiger partial charge in [-0.15, -0.1) is 0 Å². The first-order valence-electron chi connectivity index (χ1n) is 10.1. The monoisotopic (exact) mass is 340 g/mol. The summed E-state index contributed by atoms with van der Waals surface area (Å²) in [4.78, 5) is 24.5. The Kier molecular flexibility index (Phi) is 11.8. The largest absolute Gasteiger partial charge is 0.369 e. The van der Waals surface area contributed by atoms with Crippen molar-refractivity contribution in [3.05, 3.63) is 0 Å². The van der Waals surface area contributed by atoms with Crippen LogP contribution in [0.2, 0.25) is 0 Å². The standard InChI is InChI=1S/C16H28N2O2.2C2H6/c1-18-14(19)13(11-12-7-3-4-8-12)16(15(17)20)9-5-2-6-10-16;2*1-2/h12-13H,2-11H2,1H3,(H2,17,20)(H,18,19);2*1-2H3/t13-;;/m0../s1. The summed E-state index contributed by atoms with van der Waals surface area (Å²) in [5.41, 5.74) is 5.15. The zero-order chi connectivity index (χ0) is 18.6. The number of nitrogens with two attached hydrogens (primary N) is 1. The average molecular weight is 341 g/mol. The normalized spacial score (nSPS) is 20.7. The number of nitrogens with one attached hydrogen (secondary N) is 1. The molecule has 1 atom stereocenters. The molecule has 0 heterocycles. The van der Waals surface area contributed by atoms with Crippen LogP contribution in [0, 0.1) is 17.3 Å². The van der Waals surface area contributed by atoms with E-state index in [1.807, 2.05) is 27.7 Å². The SMILES string of the molecule is CC.CC.CNC(=O)[C@H](CC1CCCC1)C1(C(N)=O)CCCCC1. The van der Waals surface area contributed by atoms with Gasteiger partial charge in [0.2, 0.25) is 11.8 Å². The fourth-order valence-electron chi connectivity index (χ4n) is 4.29. The molecule has 0 aromatic rings. The number of hydrogen-bond donors (Lipinski definition) is 2. The fraction of sp³-hybridized carbons (Fsp3) is 0.900. The van der Waals surface area contributed by atoms with Crippen LogP contribution in [-0.4, -0.2) is 18.9 Å². The highest BCUT2D eigenvalue weighted by Crippen LogP contribution is 2.46. The van der Waals surface area contributed by atoms with E-state index < -0.39 is 5.41 Å². The second kappa shape index (κ2) is 12.3. The van der Waals surface area contributed by atoms with Gasteiger partial charge >= 0.3 is 0 Å². The average Bonchev–Trinajstić information content (AvgIpc) is 3.16. The lowest BCUT2D eigenvalue weighted by Crippen LogP contribution is -2.50. The van der Waals surface area contributed by atoms with Gasteiger partial charge in [0.05, 0.1) is 11.3 Å². The molecule has 3 N–H and O–H groups in total. The Morgan fingerprint density at radius 3 is 1.92 bits per heavy atom. The summed E-state index contributed by atoms with van der Waals surface area (Å²) in [6.45, 7) is 8.00. The maximum absolute atomic E-state index is 12.4. The molecule has 0 aromatic heterocycles. The van der Waals surface area contributed by atoms with Crippen LogP contribution in [0.3, 0.4) is 0 Å². The van der Waals surface area contributed by atoms with E-state index in [2.05, 4.69) is 5.32 Å². The molecule has 2 aliphatic carbocycles. The van der Waals surface area contributed by atoms with Gasteiger partial charge in [0, 0.05) is 7.05 Å².